The largest absolute Gasteiger partial charge is 0.468 e. The van der Waals surface area contributed by atoms with Crippen LogP contribution in [0, 0.1) is 43.4 Å². The van der Waals surface area contributed by atoms with Crippen LogP contribution in [0.4, 0.5) is 49.4 Å². The predicted molar refractivity (Wildman–Crippen MR) is 607 cm³/mol. The van der Waals surface area contributed by atoms with Gasteiger partial charge in [0.05, 0.1) is 47.4 Å². The second-order valence-electron chi connectivity index (χ2n) is 37.9. The number of fused-ring (bicyclic) bond motifs is 1. The van der Waals surface area contributed by atoms with Gasteiger partial charge in [-0.2, -0.15) is 23.2 Å². The van der Waals surface area contributed by atoms with Crippen molar-refractivity contribution in [3.63, 3.8) is 0 Å². The fraction of sp³-hybridized carbons (Fsp3) is 0.468. The highest BCUT2D eigenvalue weighted by atomic mass is 79.9. The third-order valence-electron chi connectivity index (χ3n) is 23.1. The van der Waals surface area contributed by atoms with E-state index in [1.54, 1.807) is 130 Å². The molecule has 0 unspecified atom stereocenters. The standard InChI is InChI=1S/C24H29N5O3S.C21H24ClN5O.C19H29N3O3.C14H21N3O.C10H20N2O2.C9H10BrNO.C7H4Cl2N2.C3H6O2S.C2H6/c1-15-14-18(19-20(25)21(24(31)32-4)33-22(19)26-15)29-11-5-10-28(12-13-29)17-8-6-16(7-9-17)23(30)27(2)3;1-15-13-19(18(14-23)20(22)24-15)27-10-4-9-26(11-12-27)17-7-5-16(6-8-17)21(28)25(2)3;1-19(2,3)25-18(24)22-12-6-11-21(13-14-22)16-9-7-15(8-10-16)17(23)20(4)5;1-16(2)14(18)12-4-6-13(7-5-12)17-10-3-8-15-9-11-17;1-10(2,3)14-9(13)12-7-4-5-11-6-8-12;1-11(2)9(12)7-3-5-8(10)6-4-7;1-4-2-6(8)5(3-10)7(9)11-4;1-5-3(4)2-6;1-2/h6-9,14H,5,10-13,25H2,1-4H3;5-8,13H,4,9-12H2,1-3H3;7-10H,6,11-14H2,1-5H3;4-7,15H,3,8-11H2,1-2H3;11H,4-8H2,1-3H3;3-6H,1-2H3;2H,1H3;6H,2H2,1H3;1-2H3. The normalized spacial score (nSPS) is 14.0. The first-order valence-electron chi connectivity index (χ1n) is 49.5. The number of rotatable bonds is 13. The van der Waals surface area contributed by atoms with Gasteiger partial charge in [0.25, 0.3) is 29.5 Å². The van der Waals surface area contributed by atoms with Gasteiger partial charge >= 0.3 is 24.1 Å². The molecular formula is C109H149BrCl3N21O13S2. The summed E-state index contributed by atoms with van der Waals surface area (Å²) < 4.78 is 20.8. The molecule has 808 valence electrons. The van der Waals surface area contributed by atoms with E-state index in [0.717, 1.165) is 204 Å². The van der Waals surface area contributed by atoms with Gasteiger partial charge in [-0.25, -0.2) is 29.3 Å². The summed E-state index contributed by atoms with van der Waals surface area (Å²) in [6.07, 6.45) is 4.54. The molecule has 9 heterocycles. The summed E-state index contributed by atoms with van der Waals surface area (Å²) in [5, 5.41) is 26.3. The number of anilines is 7. The number of esters is 2. The van der Waals surface area contributed by atoms with E-state index >= 15 is 0 Å². The van der Waals surface area contributed by atoms with Crippen LogP contribution in [0.25, 0.3) is 10.2 Å². The highest BCUT2D eigenvalue weighted by molar-refractivity contribution is 9.10. The molecule has 4 aromatic heterocycles. The van der Waals surface area contributed by atoms with Gasteiger partial charge in [0.15, 0.2) is 0 Å². The summed E-state index contributed by atoms with van der Waals surface area (Å²) in [4.78, 5) is 144. The average molecular weight is 2210 g/mol. The molecule has 9 aromatic rings. The molecule has 0 aliphatic carbocycles. The summed E-state index contributed by atoms with van der Waals surface area (Å²) >= 11 is 25.7. The first-order valence-corrected chi connectivity index (χ1v) is 52.9. The highest BCUT2D eigenvalue weighted by Crippen LogP contribution is 2.41. The number of nitriles is 2. The number of methoxy groups -OCH3 is 2. The lowest BCUT2D eigenvalue weighted by Gasteiger charge is -2.27. The number of ether oxygens (including phenoxy) is 4. The summed E-state index contributed by atoms with van der Waals surface area (Å²) in [6, 6.07) is 48.1. The third-order valence-corrected chi connectivity index (χ3v) is 25.8. The zero-order valence-corrected chi connectivity index (χ0v) is 96.0. The lowest BCUT2D eigenvalue weighted by atomic mass is 10.1. The van der Waals surface area contributed by atoms with E-state index in [9.17, 15) is 48.4 Å². The van der Waals surface area contributed by atoms with E-state index in [2.05, 4.69) is 94.3 Å². The number of nitrogens with zero attached hydrogens (tertiary/aromatic N) is 18. The molecule has 0 atom stereocenters. The minimum absolute atomic E-state index is 0.000316. The van der Waals surface area contributed by atoms with Gasteiger partial charge in [-0.1, -0.05) is 64.6 Å². The Balaban J connectivity index is 0.000000270. The Kier molecular flexibility index (Phi) is 52.3. The number of benzene rings is 5. The number of carbonyl (C=O) groups is 9. The maximum atomic E-state index is 12.2. The summed E-state index contributed by atoms with van der Waals surface area (Å²) in [6.45, 7) is 38.3. The van der Waals surface area contributed by atoms with Gasteiger partial charge in [-0.05, 0) is 247 Å². The Morgan fingerprint density at radius 1 is 0.423 bits per heavy atom. The number of amides is 7. The molecule has 149 heavy (non-hydrogen) atoms. The van der Waals surface area contributed by atoms with Crippen molar-refractivity contribution in [3.8, 4) is 12.1 Å². The summed E-state index contributed by atoms with van der Waals surface area (Å²) in [5.41, 5.74) is 18.9. The zero-order chi connectivity index (χ0) is 111. The van der Waals surface area contributed by atoms with E-state index in [4.69, 9.17) is 60.0 Å². The van der Waals surface area contributed by atoms with E-state index in [1.807, 2.05) is 197 Å². The van der Waals surface area contributed by atoms with Gasteiger partial charge < -0.3 is 99.0 Å². The highest BCUT2D eigenvalue weighted by Gasteiger charge is 2.30. The molecule has 0 spiro atoms. The first-order chi connectivity index (χ1) is 70.6. The van der Waals surface area contributed by atoms with Crippen LogP contribution in [0.2, 0.25) is 15.3 Å². The van der Waals surface area contributed by atoms with E-state index in [1.165, 1.54) is 37.7 Å². The molecule has 5 fully saturated rings. The van der Waals surface area contributed by atoms with Crippen molar-refractivity contribution in [2.45, 2.75) is 119 Å². The molecule has 14 rings (SSSR count). The monoisotopic (exact) mass is 2210 g/mol. The lowest BCUT2D eigenvalue weighted by molar-refractivity contribution is -0.137. The number of pyridine rings is 3. The number of thiophene rings is 1. The minimum Gasteiger partial charge on any atom is -0.468 e. The SMILES string of the molecule is CC.CC(C)(C)OC(=O)N1CCCNCC1.CN(C)C(=O)c1ccc(Br)cc1.CN(C)C(=O)c1ccc(N2CCCN(C(=O)OC(C)(C)C)CC2)cc1.CN(C)C(=O)c1ccc(N2CCCNCC2)cc1.COC(=O)CS.COC(=O)c1sc2nc(C)cc(N3CCCN(c4ccc(C(=O)N(C)C)cc4)CC3)c2c1N.Cc1cc(Cl)c(C#N)c(Cl)n1.Cc1cc(N2CCCN(c3ccc(C(=O)N(C)C)cc3)CC2)c(C#N)c(Cl)n1. The zero-order valence-electron chi connectivity index (χ0n) is 90.5. The van der Waals surface area contributed by atoms with Crippen LogP contribution < -0.4 is 45.8 Å². The number of nitrogens with one attached hydrogen (secondary N) is 2. The van der Waals surface area contributed by atoms with Gasteiger partial charge in [-0.15, -0.1) is 11.3 Å². The van der Waals surface area contributed by atoms with Crippen LogP contribution in [-0.2, 0) is 23.7 Å². The Morgan fingerprint density at radius 3 is 1.11 bits per heavy atom. The van der Waals surface area contributed by atoms with Gasteiger partial charge in [0.1, 0.15) is 54.5 Å². The number of thiol groups is 1. The van der Waals surface area contributed by atoms with Crippen molar-refractivity contribution in [2.75, 3.05) is 256 Å². The first kappa shape index (κ1) is 125. The molecule has 7 amide bonds. The second kappa shape index (κ2) is 62.2. The van der Waals surface area contributed by atoms with Crippen molar-refractivity contribution >= 4 is 178 Å². The van der Waals surface area contributed by atoms with Crippen LogP contribution in [0.3, 0.4) is 0 Å². The van der Waals surface area contributed by atoms with Crippen molar-refractivity contribution in [3.05, 3.63) is 220 Å². The van der Waals surface area contributed by atoms with E-state index in [-0.39, 0.29) is 69.3 Å². The predicted octanol–water partition coefficient (Wildman–Crippen LogP) is 17.8. The van der Waals surface area contributed by atoms with E-state index < -0.39 is 17.2 Å². The minimum atomic E-state index is -0.474. The molecule has 5 aliphatic heterocycles. The quantitative estimate of drug-likeness (QED) is 0.0360. The van der Waals surface area contributed by atoms with Crippen molar-refractivity contribution in [1.29, 1.82) is 10.5 Å². The number of carbonyl (C=O) groups excluding carboxylic acids is 9. The number of hydrogen-bond donors (Lipinski definition) is 4. The van der Waals surface area contributed by atoms with E-state index in [0.29, 0.717) is 62.2 Å². The Bertz CT molecular complexity index is 5900. The fourth-order valence-electron chi connectivity index (χ4n) is 15.6. The van der Waals surface area contributed by atoms with Crippen LogP contribution in [-0.4, -0.2) is 335 Å². The fourth-order valence-corrected chi connectivity index (χ4v) is 17.9. The second-order valence-corrected chi connectivity index (χ2v) is 41.3. The summed E-state index contributed by atoms with van der Waals surface area (Å²) in [7, 11) is 20.2. The molecule has 40 heteroatoms. The lowest BCUT2D eigenvalue weighted by Crippen LogP contribution is -2.39. The van der Waals surface area contributed by atoms with Gasteiger partial charge in [-0.3, -0.25) is 28.8 Å². The third kappa shape index (κ3) is 40.4. The molecule has 4 N–H and O–H groups in total. The van der Waals surface area contributed by atoms with Crippen LogP contribution >= 0.6 is 74.7 Å². The molecule has 5 saturated heterocycles. The number of halogens is 4. The Hall–Kier alpha value is -12.5. The van der Waals surface area contributed by atoms with Gasteiger partial charge in [0.2, 0.25) is 0 Å². The number of nitrogen functional groups attached to an aromatic ring is 1. The van der Waals surface area contributed by atoms with Crippen LogP contribution in [0.1, 0.15) is 177 Å². The maximum Gasteiger partial charge on any atom is 0.410 e. The van der Waals surface area contributed by atoms with Gasteiger partial charge in [0, 0.05) is 260 Å². The number of aromatic nitrogens is 3. The molecule has 0 bridgehead atoms. The van der Waals surface area contributed by atoms with Crippen LogP contribution in [0.15, 0.2) is 144 Å². The molecule has 0 radical (unpaired) electrons. The molecule has 0 saturated carbocycles. The smallest absolute Gasteiger partial charge is 0.410 e. The van der Waals surface area contributed by atoms with Crippen molar-refractivity contribution < 1.29 is 62.1 Å². The van der Waals surface area contributed by atoms with Crippen molar-refractivity contribution in [1.82, 2.24) is 59.9 Å². The molecule has 5 aliphatic rings. The number of nitrogens with two attached hydrogens (primary N) is 1. The molecule has 5 aromatic carbocycles. The Morgan fingerprint density at radius 2 is 0.738 bits per heavy atom. The number of hydrogen-bond acceptors (Lipinski definition) is 29. The topological polar surface area (TPSA) is 369 Å². The van der Waals surface area contributed by atoms with Crippen molar-refractivity contribution in [2.24, 2.45) is 0 Å². The average Bonchev–Trinajstić information content (AvgIpc) is 1.61. The molecular weight excluding hydrogens is 2060 g/mol. The maximum absolute atomic E-state index is 12.2. The Labute approximate surface area is 912 Å². The summed E-state index contributed by atoms with van der Waals surface area (Å²) in [5.74, 6) is -0.477. The van der Waals surface area contributed by atoms with Crippen LogP contribution in [0.5, 0.6) is 0 Å². The number of aryl methyl sites for hydroxylation is 3. The molecule has 34 nitrogen and oxygen atoms in total.